The molecule has 3 rings (SSSR count). The van der Waals surface area contributed by atoms with Crippen LogP contribution in [0.5, 0.6) is 0 Å². The summed E-state index contributed by atoms with van der Waals surface area (Å²) < 4.78 is 27.0. The van der Waals surface area contributed by atoms with Crippen molar-refractivity contribution in [3.8, 4) is 0 Å². The molecule has 0 spiro atoms. The Kier molecular flexibility index (Phi) is 4.45. The zero-order chi connectivity index (χ0) is 16.2. The molecule has 0 atom stereocenters. The summed E-state index contributed by atoms with van der Waals surface area (Å²) in [4.78, 5) is 20.1. The summed E-state index contributed by atoms with van der Waals surface area (Å²) in [5.41, 5.74) is -0.503. The van der Waals surface area contributed by atoms with Gasteiger partial charge in [0.15, 0.2) is 0 Å². The molecule has 0 bridgehead atoms. The first-order chi connectivity index (χ1) is 11.1. The van der Waals surface area contributed by atoms with Gasteiger partial charge in [-0.05, 0) is 25.0 Å². The van der Waals surface area contributed by atoms with Crippen molar-refractivity contribution in [2.45, 2.75) is 31.7 Å². The summed E-state index contributed by atoms with van der Waals surface area (Å²) in [6.45, 7) is 0. The van der Waals surface area contributed by atoms with Crippen LogP contribution in [0.4, 0.5) is 20.3 Å². The van der Waals surface area contributed by atoms with Crippen LogP contribution in [-0.2, 0) is 0 Å². The fourth-order valence-corrected chi connectivity index (χ4v) is 2.59. The number of aromatic nitrogens is 2. The number of para-hydroxylation sites is 1. The standard InChI is InChI=1S/C16H16F2N4O/c17-11-6-3-7-12(18)15(11)22-16(23)13-8-20-14(9-19-13)21-10-4-1-2-5-10/h3,6-10H,1-2,4-5H2,(H,20,21)(H,22,23). The zero-order valence-corrected chi connectivity index (χ0v) is 12.4. The number of nitrogens with zero attached hydrogens (tertiary/aromatic N) is 2. The highest BCUT2D eigenvalue weighted by Gasteiger charge is 2.17. The van der Waals surface area contributed by atoms with Crippen LogP contribution in [0, 0.1) is 11.6 Å². The zero-order valence-electron chi connectivity index (χ0n) is 12.4. The Bertz CT molecular complexity index is 679. The van der Waals surface area contributed by atoms with E-state index in [2.05, 4.69) is 20.6 Å². The molecule has 1 heterocycles. The van der Waals surface area contributed by atoms with Gasteiger partial charge in [0.1, 0.15) is 28.8 Å². The lowest BCUT2D eigenvalue weighted by Crippen LogP contribution is -2.18. The monoisotopic (exact) mass is 318 g/mol. The largest absolute Gasteiger partial charge is 0.366 e. The van der Waals surface area contributed by atoms with Gasteiger partial charge in [-0.1, -0.05) is 18.9 Å². The van der Waals surface area contributed by atoms with E-state index in [0.717, 1.165) is 25.0 Å². The number of hydrogen-bond donors (Lipinski definition) is 2. The maximum Gasteiger partial charge on any atom is 0.276 e. The minimum absolute atomic E-state index is 0.00961. The van der Waals surface area contributed by atoms with Crippen LogP contribution in [0.25, 0.3) is 0 Å². The molecular formula is C16H16F2N4O. The van der Waals surface area contributed by atoms with E-state index in [4.69, 9.17) is 0 Å². The molecule has 7 heteroatoms. The molecule has 0 unspecified atom stereocenters. The maximum atomic E-state index is 13.5. The average Bonchev–Trinajstić information content (AvgIpc) is 3.04. The number of carbonyl (C=O) groups is 1. The van der Waals surface area contributed by atoms with Gasteiger partial charge in [-0.2, -0.15) is 0 Å². The van der Waals surface area contributed by atoms with Gasteiger partial charge in [-0.15, -0.1) is 0 Å². The van der Waals surface area contributed by atoms with Crippen LogP contribution in [-0.4, -0.2) is 21.9 Å². The van der Waals surface area contributed by atoms with Crippen LogP contribution in [0.3, 0.4) is 0 Å². The fourth-order valence-electron chi connectivity index (χ4n) is 2.59. The quantitative estimate of drug-likeness (QED) is 0.907. The first-order valence-electron chi connectivity index (χ1n) is 7.47. The highest BCUT2D eigenvalue weighted by Crippen LogP contribution is 2.21. The Hall–Kier alpha value is -2.57. The number of nitrogens with one attached hydrogen (secondary N) is 2. The molecule has 23 heavy (non-hydrogen) atoms. The molecule has 1 amide bonds. The van der Waals surface area contributed by atoms with Crippen molar-refractivity contribution >= 4 is 17.4 Å². The molecule has 0 saturated heterocycles. The highest BCUT2D eigenvalue weighted by atomic mass is 19.1. The van der Waals surface area contributed by atoms with Crippen molar-refractivity contribution in [1.82, 2.24) is 9.97 Å². The van der Waals surface area contributed by atoms with Crippen molar-refractivity contribution in [2.75, 3.05) is 10.6 Å². The second kappa shape index (κ2) is 6.68. The molecule has 1 aromatic heterocycles. The number of hydrogen-bond acceptors (Lipinski definition) is 4. The Morgan fingerprint density at radius 3 is 2.39 bits per heavy atom. The van der Waals surface area contributed by atoms with E-state index in [1.807, 2.05) is 0 Å². The van der Waals surface area contributed by atoms with Crippen molar-refractivity contribution < 1.29 is 13.6 Å². The molecule has 5 nitrogen and oxygen atoms in total. The maximum absolute atomic E-state index is 13.5. The lowest BCUT2D eigenvalue weighted by molar-refractivity contribution is 0.102. The topological polar surface area (TPSA) is 66.9 Å². The molecule has 2 N–H and O–H groups in total. The average molecular weight is 318 g/mol. The normalized spacial score (nSPS) is 14.7. The lowest BCUT2D eigenvalue weighted by Gasteiger charge is -2.12. The van der Waals surface area contributed by atoms with Gasteiger partial charge in [0, 0.05) is 6.04 Å². The van der Waals surface area contributed by atoms with Gasteiger partial charge in [0.05, 0.1) is 12.4 Å². The lowest BCUT2D eigenvalue weighted by atomic mass is 10.2. The van der Waals surface area contributed by atoms with Crippen molar-refractivity contribution in [1.29, 1.82) is 0 Å². The van der Waals surface area contributed by atoms with Gasteiger partial charge >= 0.3 is 0 Å². The third-order valence-electron chi connectivity index (χ3n) is 3.79. The molecule has 1 fully saturated rings. The van der Waals surface area contributed by atoms with Gasteiger partial charge in [-0.25, -0.2) is 18.7 Å². The summed E-state index contributed by atoms with van der Waals surface area (Å²) in [5, 5.41) is 5.43. The second-order valence-electron chi connectivity index (χ2n) is 5.46. The molecule has 1 aliphatic rings. The smallest absolute Gasteiger partial charge is 0.276 e. The van der Waals surface area contributed by atoms with E-state index < -0.39 is 23.2 Å². The van der Waals surface area contributed by atoms with E-state index in [-0.39, 0.29) is 5.69 Å². The summed E-state index contributed by atoms with van der Waals surface area (Å²) >= 11 is 0. The van der Waals surface area contributed by atoms with Gasteiger partial charge in [0.25, 0.3) is 5.91 Å². The number of amides is 1. The number of halogens is 2. The second-order valence-corrected chi connectivity index (χ2v) is 5.46. The predicted octanol–water partition coefficient (Wildman–Crippen LogP) is 3.36. The molecule has 0 radical (unpaired) electrons. The van der Waals surface area contributed by atoms with Crippen LogP contribution >= 0.6 is 0 Å². The number of carbonyl (C=O) groups excluding carboxylic acids is 1. The number of benzene rings is 1. The number of anilines is 2. The van der Waals surface area contributed by atoms with Gasteiger partial charge < -0.3 is 10.6 Å². The Morgan fingerprint density at radius 2 is 1.78 bits per heavy atom. The molecular weight excluding hydrogens is 302 g/mol. The Balaban J connectivity index is 1.67. The third-order valence-corrected chi connectivity index (χ3v) is 3.79. The van der Waals surface area contributed by atoms with E-state index >= 15 is 0 Å². The van der Waals surface area contributed by atoms with Crippen LogP contribution < -0.4 is 10.6 Å². The van der Waals surface area contributed by atoms with Crippen molar-refractivity contribution in [3.63, 3.8) is 0 Å². The minimum Gasteiger partial charge on any atom is -0.366 e. The SMILES string of the molecule is O=C(Nc1c(F)cccc1F)c1cnc(NC2CCCC2)cn1. The van der Waals surface area contributed by atoms with E-state index in [0.29, 0.717) is 11.9 Å². The van der Waals surface area contributed by atoms with E-state index in [1.165, 1.54) is 31.3 Å². The van der Waals surface area contributed by atoms with Crippen molar-refractivity contribution in [3.05, 3.63) is 47.9 Å². The molecule has 0 aliphatic heterocycles. The molecule has 120 valence electrons. The predicted molar refractivity (Wildman–Crippen MR) is 82.2 cm³/mol. The highest BCUT2D eigenvalue weighted by molar-refractivity contribution is 6.02. The summed E-state index contributed by atoms with van der Waals surface area (Å²) in [6.07, 6.45) is 7.31. The van der Waals surface area contributed by atoms with Crippen LogP contribution in [0.1, 0.15) is 36.2 Å². The van der Waals surface area contributed by atoms with Gasteiger partial charge in [0.2, 0.25) is 0 Å². The first-order valence-corrected chi connectivity index (χ1v) is 7.47. The molecule has 1 aromatic carbocycles. The summed E-state index contributed by atoms with van der Waals surface area (Å²) in [7, 11) is 0. The van der Waals surface area contributed by atoms with Crippen molar-refractivity contribution in [2.24, 2.45) is 0 Å². The van der Waals surface area contributed by atoms with Gasteiger partial charge in [-0.3, -0.25) is 4.79 Å². The van der Waals surface area contributed by atoms with Crippen LogP contribution in [0.15, 0.2) is 30.6 Å². The molecule has 1 saturated carbocycles. The summed E-state index contributed by atoms with van der Waals surface area (Å²) in [5.74, 6) is -1.81. The third kappa shape index (κ3) is 3.61. The molecule has 1 aliphatic carbocycles. The minimum atomic E-state index is -0.842. The Morgan fingerprint density at radius 1 is 1.09 bits per heavy atom. The summed E-state index contributed by atoms with van der Waals surface area (Å²) in [6, 6.07) is 3.75. The van der Waals surface area contributed by atoms with Crippen LogP contribution in [0.2, 0.25) is 0 Å². The fraction of sp³-hybridized carbons (Fsp3) is 0.312. The first kappa shape index (κ1) is 15.3. The Labute approximate surface area is 132 Å². The van der Waals surface area contributed by atoms with E-state index in [9.17, 15) is 13.6 Å². The molecule has 2 aromatic rings. The number of rotatable bonds is 4. The van der Waals surface area contributed by atoms with E-state index in [1.54, 1.807) is 0 Å².